The second-order valence-corrected chi connectivity index (χ2v) is 10.9. The minimum absolute atomic E-state index is 0.411. The van der Waals surface area contributed by atoms with Gasteiger partial charge in [-0.1, -0.05) is 97.8 Å². The Morgan fingerprint density at radius 3 is 1.92 bits per heavy atom. The Labute approximate surface area is 227 Å². The number of alkyl halides is 1. The molecule has 0 fully saturated rings. The zero-order valence-corrected chi connectivity index (χ0v) is 24.0. The molecule has 2 rings (SSSR count). The van der Waals surface area contributed by atoms with E-state index in [0.717, 1.165) is 30.0 Å². The molecular weight excluding hydrogens is 459 g/mol. The molecule has 0 radical (unpaired) electrons. The summed E-state index contributed by atoms with van der Waals surface area (Å²) in [6, 6.07) is 7.82. The standard InChI is InChI=1S/C33H53FN2O/c1-4-6-8-9-10-11-12-13-14-15-17-29-26-35-33(36-27-29)30-19-22-32(23-20-30)37-25-24-31(34)21-18-28(3)16-7-5-2/h19-20,22-23,26-28,31H,4-18,21,24-25H2,1-3H3. The summed E-state index contributed by atoms with van der Waals surface area (Å²) in [5.74, 6) is 2.12. The van der Waals surface area contributed by atoms with Crippen LogP contribution in [0.2, 0.25) is 0 Å². The van der Waals surface area contributed by atoms with Crippen molar-refractivity contribution >= 4 is 0 Å². The van der Waals surface area contributed by atoms with Crippen molar-refractivity contribution in [1.29, 1.82) is 0 Å². The molecule has 0 spiro atoms. The highest BCUT2D eigenvalue weighted by Gasteiger charge is 2.10. The molecule has 1 aromatic carbocycles. The van der Waals surface area contributed by atoms with E-state index in [0.29, 0.717) is 25.4 Å². The van der Waals surface area contributed by atoms with Crippen LogP contribution >= 0.6 is 0 Å². The summed E-state index contributed by atoms with van der Waals surface area (Å²) >= 11 is 0. The van der Waals surface area contributed by atoms with Gasteiger partial charge in [-0.15, -0.1) is 0 Å². The molecule has 2 atom stereocenters. The van der Waals surface area contributed by atoms with E-state index in [1.54, 1.807) is 0 Å². The fourth-order valence-corrected chi connectivity index (χ4v) is 4.76. The molecule has 2 aromatic rings. The van der Waals surface area contributed by atoms with Crippen molar-refractivity contribution in [2.75, 3.05) is 6.61 Å². The maximum atomic E-state index is 14.2. The van der Waals surface area contributed by atoms with Crippen LogP contribution in [0.5, 0.6) is 5.75 Å². The van der Waals surface area contributed by atoms with Gasteiger partial charge in [0.2, 0.25) is 0 Å². The monoisotopic (exact) mass is 512 g/mol. The Morgan fingerprint density at radius 1 is 0.703 bits per heavy atom. The predicted molar refractivity (Wildman–Crippen MR) is 156 cm³/mol. The number of ether oxygens (including phenoxy) is 1. The fourth-order valence-electron chi connectivity index (χ4n) is 4.76. The third-order valence-electron chi connectivity index (χ3n) is 7.36. The molecule has 1 aromatic heterocycles. The Kier molecular flexibility index (Phi) is 16.9. The predicted octanol–water partition coefficient (Wildman–Crippen LogP) is 10.3. The van der Waals surface area contributed by atoms with Crippen molar-refractivity contribution in [3.8, 4) is 17.1 Å². The van der Waals surface area contributed by atoms with Crippen LogP contribution in [0.15, 0.2) is 36.7 Å². The van der Waals surface area contributed by atoms with E-state index in [-0.39, 0.29) is 0 Å². The molecule has 3 nitrogen and oxygen atoms in total. The summed E-state index contributed by atoms with van der Waals surface area (Å²) in [7, 11) is 0. The molecular formula is C33H53FN2O. The Hall–Kier alpha value is -1.97. The Balaban J connectivity index is 1.60. The van der Waals surface area contributed by atoms with Gasteiger partial charge in [-0.25, -0.2) is 14.4 Å². The summed E-state index contributed by atoms with van der Waals surface area (Å²) in [6.07, 6.45) is 23.4. The molecule has 2 unspecified atom stereocenters. The van der Waals surface area contributed by atoms with Gasteiger partial charge in [0, 0.05) is 24.4 Å². The van der Waals surface area contributed by atoms with E-state index in [4.69, 9.17) is 4.74 Å². The average Bonchev–Trinajstić information content (AvgIpc) is 2.92. The number of hydrogen-bond acceptors (Lipinski definition) is 3. The maximum Gasteiger partial charge on any atom is 0.159 e. The second-order valence-electron chi connectivity index (χ2n) is 10.9. The van der Waals surface area contributed by atoms with Crippen molar-refractivity contribution in [1.82, 2.24) is 9.97 Å². The summed E-state index contributed by atoms with van der Waals surface area (Å²) in [4.78, 5) is 9.16. The molecule has 208 valence electrons. The van der Waals surface area contributed by atoms with Gasteiger partial charge in [-0.2, -0.15) is 0 Å². The minimum Gasteiger partial charge on any atom is -0.493 e. The summed E-state index contributed by atoms with van der Waals surface area (Å²) in [5, 5.41) is 0. The molecule has 1 heterocycles. The van der Waals surface area contributed by atoms with Crippen LogP contribution in [-0.2, 0) is 6.42 Å². The van der Waals surface area contributed by atoms with Crippen LogP contribution < -0.4 is 4.74 Å². The van der Waals surface area contributed by atoms with Crippen molar-refractivity contribution in [2.45, 2.75) is 136 Å². The smallest absolute Gasteiger partial charge is 0.159 e. The van der Waals surface area contributed by atoms with Crippen molar-refractivity contribution in [3.05, 3.63) is 42.2 Å². The lowest BCUT2D eigenvalue weighted by atomic mass is 9.97. The third-order valence-corrected chi connectivity index (χ3v) is 7.36. The molecule has 0 aliphatic rings. The normalized spacial score (nSPS) is 13.0. The first kappa shape index (κ1) is 31.2. The number of rotatable bonds is 22. The summed E-state index contributed by atoms with van der Waals surface area (Å²) in [6.45, 7) is 7.12. The van der Waals surface area contributed by atoms with Gasteiger partial charge in [0.1, 0.15) is 11.9 Å². The van der Waals surface area contributed by atoms with Gasteiger partial charge >= 0.3 is 0 Å². The lowest BCUT2D eigenvalue weighted by Gasteiger charge is -2.13. The lowest BCUT2D eigenvalue weighted by Crippen LogP contribution is -2.09. The first-order chi connectivity index (χ1) is 18.1. The van der Waals surface area contributed by atoms with Crippen LogP contribution in [0.4, 0.5) is 4.39 Å². The number of aromatic nitrogens is 2. The van der Waals surface area contributed by atoms with Crippen LogP contribution in [-0.4, -0.2) is 22.7 Å². The largest absolute Gasteiger partial charge is 0.493 e. The van der Waals surface area contributed by atoms with Crippen LogP contribution in [0.3, 0.4) is 0 Å². The highest BCUT2D eigenvalue weighted by molar-refractivity contribution is 5.55. The van der Waals surface area contributed by atoms with Gasteiger partial charge < -0.3 is 4.74 Å². The van der Waals surface area contributed by atoms with Gasteiger partial charge in [-0.3, -0.25) is 0 Å². The summed E-state index contributed by atoms with van der Waals surface area (Å²) < 4.78 is 20.0. The first-order valence-corrected chi connectivity index (χ1v) is 15.3. The number of nitrogens with zero attached hydrogens (tertiary/aromatic N) is 2. The molecule has 37 heavy (non-hydrogen) atoms. The molecule has 0 aliphatic heterocycles. The van der Waals surface area contributed by atoms with E-state index < -0.39 is 6.17 Å². The third kappa shape index (κ3) is 14.5. The van der Waals surface area contributed by atoms with Crippen LogP contribution in [0.1, 0.15) is 129 Å². The zero-order chi connectivity index (χ0) is 26.6. The van der Waals surface area contributed by atoms with Crippen LogP contribution in [0.25, 0.3) is 11.4 Å². The van der Waals surface area contributed by atoms with E-state index in [1.165, 1.54) is 89.0 Å². The van der Waals surface area contributed by atoms with Gasteiger partial charge in [0.05, 0.1) is 6.61 Å². The number of aryl methyl sites for hydroxylation is 1. The minimum atomic E-state index is -0.782. The molecule has 0 saturated heterocycles. The zero-order valence-electron chi connectivity index (χ0n) is 24.0. The highest BCUT2D eigenvalue weighted by Crippen LogP contribution is 2.21. The molecule has 0 saturated carbocycles. The molecule has 0 N–H and O–H groups in total. The van der Waals surface area contributed by atoms with E-state index in [1.807, 2.05) is 36.7 Å². The van der Waals surface area contributed by atoms with Crippen molar-refractivity contribution in [2.24, 2.45) is 5.92 Å². The van der Waals surface area contributed by atoms with Crippen molar-refractivity contribution < 1.29 is 9.13 Å². The maximum absolute atomic E-state index is 14.2. The number of hydrogen-bond donors (Lipinski definition) is 0. The number of benzene rings is 1. The van der Waals surface area contributed by atoms with Gasteiger partial charge in [0.15, 0.2) is 5.82 Å². The van der Waals surface area contributed by atoms with Crippen LogP contribution in [0, 0.1) is 5.92 Å². The Morgan fingerprint density at radius 2 is 1.30 bits per heavy atom. The molecule has 0 amide bonds. The number of unbranched alkanes of at least 4 members (excludes halogenated alkanes) is 10. The SMILES string of the molecule is CCCCCCCCCCCCc1cnc(-c2ccc(OCCC(F)CCC(C)CCCC)cc2)nc1. The number of halogens is 1. The van der Waals surface area contributed by atoms with E-state index in [9.17, 15) is 4.39 Å². The van der Waals surface area contributed by atoms with Gasteiger partial charge in [-0.05, 0) is 61.4 Å². The lowest BCUT2D eigenvalue weighted by molar-refractivity contribution is 0.216. The highest BCUT2D eigenvalue weighted by atomic mass is 19.1. The van der Waals surface area contributed by atoms with E-state index in [2.05, 4.69) is 30.7 Å². The average molecular weight is 513 g/mol. The quantitative estimate of drug-likeness (QED) is 0.147. The van der Waals surface area contributed by atoms with E-state index >= 15 is 0 Å². The van der Waals surface area contributed by atoms with Crippen molar-refractivity contribution in [3.63, 3.8) is 0 Å². The second kappa shape index (κ2) is 20.1. The summed E-state index contributed by atoms with van der Waals surface area (Å²) in [5.41, 5.74) is 2.19. The fraction of sp³-hybridized carbons (Fsp3) is 0.697. The molecule has 0 bridgehead atoms. The Bertz CT molecular complexity index is 793. The topological polar surface area (TPSA) is 35.0 Å². The molecule has 4 heteroatoms. The molecule has 0 aliphatic carbocycles. The van der Waals surface area contributed by atoms with Gasteiger partial charge in [0.25, 0.3) is 0 Å². The first-order valence-electron chi connectivity index (χ1n) is 15.3.